The van der Waals surface area contributed by atoms with E-state index < -0.39 is 0 Å². The monoisotopic (exact) mass is 414 g/mol. The molecule has 3 rings (SSSR count). The molecule has 1 saturated heterocycles. The summed E-state index contributed by atoms with van der Waals surface area (Å²) in [6.45, 7) is 5.95. The van der Waals surface area contributed by atoms with Gasteiger partial charge in [-0.2, -0.15) is 0 Å². The summed E-state index contributed by atoms with van der Waals surface area (Å²) in [5, 5.41) is 0.789. The first-order valence-corrected chi connectivity index (χ1v) is 10.9. The number of benzene rings is 2. The minimum Gasteiger partial charge on any atom is -0.497 e. The van der Waals surface area contributed by atoms with Gasteiger partial charge in [0, 0.05) is 36.3 Å². The highest BCUT2D eigenvalue weighted by Crippen LogP contribution is 2.26. The lowest BCUT2D eigenvalue weighted by molar-refractivity contribution is -0.118. The van der Waals surface area contributed by atoms with Gasteiger partial charge in [0.25, 0.3) is 0 Å². The molecule has 0 atom stereocenters. The molecular weight excluding hydrogens is 384 g/mol. The van der Waals surface area contributed by atoms with Gasteiger partial charge in [-0.1, -0.05) is 36.7 Å². The number of hydrogen-bond donors (Lipinski definition) is 0. The van der Waals surface area contributed by atoms with Gasteiger partial charge in [0.1, 0.15) is 5.75 Å². The maximum atomic E-state index is 12.6. The Kier molecular flexibility index (Phi) is 7.96. The van der Waals surface area contributed by atoms with Crippen LogP contribution in [0, 0.1) is 5.92 Å². The zero-order valence-corrected chi connectivity index (χ0v) is 18.2. The summed E-state index contributed by atoms with van der Waals surface area (Å²) in [6, 6.07) is 15.9. The Morgan fingerprint density at radius 2 is 1.90 bits per heavy atom. The summed E-state index contributed by atoms with van der Waals surface area (Å²) in [5.41, 5.74) is 2.26. The number of anilines is 1. The van der Waals surface area contributed by atoms with Crippen LogP contribution in [0.3, 0.4) is 0 Å². The van der Waals surface area contributed by atoms with E-state index in [9.17, 15) is 4.79 Å². The van der Waals surface area contributed by atoms with E-state index in [-0.39, 0.29) is 5.91 Å². The average molecular weight is 415 g/mol. The second-order valence-electron chi connectivity index (χ2n) is 7.72. The first-order chi connectivity index (χ1) is 14.1. The highest BCUT2D eigenvalue weighted by molar-refractivity contribution is 6.30. The van der Waals surface area contributed by atoms with Crippen molar-refractivity contribution in [1.29, 1.82) is 0 Å². The number of carbonyl (C=O) groups is 1. The summed E-state index contributed by atoms with van der Waals surface area (Å²) < 4.78 is 5.34. The van der Waals surface area contributed by atoms with Crippen molar-refractivity contribution in [2.24, 2.45) is 5.92 Å². The van der Waals surface area contributed by atoms with E-state index in [4.69, 9.17) is 16.3 Å². The lowest BCUT2D eigenvalue weighted by Crippen LogP contribution is -2.41. The molecule has 2 aromatic carbocycles. The first kappa shape index (κ1) is 21.7. The number of nitrogens with zero attached hydrogens (tertiary/aromatic N) is 2. The Labute approximate surface area is 179 Å². The van der Waals surface area contributed by atoms with Gasteiger partial charge in [-0.15, -0.1) is 0 Å². The number of methoxy groups -OCH3 is 1. The second-order valence-corrected chi connectivity index (χ2v) is 8.16. The smallest absolute Gasteiger partial charge is 0.226 e. The van der Waals surface area contributed by atoms with E-state index in [1.54, 1.807) is 7.11 Å². The first-order valence-electron chi connectivity index (χ1n) is 10.5. The number of ether oxygens (including phenoxy) is 1. The quantitative estimate of drug-likeness (QED) is 0.606. The van der Waals surface area contributed by atoms with Crippen LogP contribution in [0.4, 0.5) is 5.69 Å². The number of likely N-dealkylation sites (tertiary alicyclic amines) is 1. The fraction of sp³-hybridized carbons (Fsp3) is 0.458. The van der Waals surface area contributed by atoms with Crippen molar-refractivity contribution in [3.8, 4) is 5.75 Å². The number of piperidine rings is 1. The molecule has 0 aliphatic carbocycles. The van der Waals surface area contributed by atoms with Crippen LogP contribution in [0.5, 0.6) is 5.75 Å². The fourth-order valence-corrected chi connectivity index (χ4v) is 4.04. The molecule has 0 aromatic heterocycles. The molecular formula is C24H31ClN2O2. The molecule has 156 valence electrons. The Morgan fingerprint density at radius 1 is 1.17 bits per heavy atom. The molecule has 0 spiro atoms. The van der Waals surface area contributed by atoms with Gasteiger partial charge in [-0.05, 0) is 68.1 Å². The van der Waals surface area contributed by atoms with Gasteiger partial charge in [0.15, 0.2) is 0 Å². The van der Waals surface area contributed by atoms with Crippen molar-refractivity contribution in [3.63, 3.8) is 0 Å². The topological polar surface area (TPSA) is 32.8 Å². The van der Waals surface area contributed by atoms with Crippen LogP contribution in [0.1, 0.15) is 31.7 Å². The van der Waals surface area contributed by atoms with E-state index in [0.717, 1.165) is 61.9 Å². The van der Waals surface area contributed by atoms with E-state index in [0.29, 0.717) is 12.3 Å². The van der Waals surface area contributed by atoms with Crippen LogP contribution >= 0.6 is 11.6 Å². The Hall–Kier alpha value is -2.04. The molecule has 1 fully saturated rings. The van der Waals surface area contributed by atoms with Crippen molar-refractivity contribution in [1.82, 2.24) is 4.90 Å². The average Bonchev–Trinajstić information content (AvgIpc) is 2.77. The zero-order valence-electron chi connectivity index (χ0n) is 17.4. The van der Waals surface area contributed by atoms with E-state index in [2.05, 4.69) is 17.0 Å². The molecule has 0 N–H and O–H groups in total. The number of carbonyl (C=O) groups excluding carboxylic acids is 1. The van der Waals surface area contributed by atoms with Gasteiger partial charge in [-0.3, -0.25) is 4.79 Å². The maximum Gasteiger partial charge on any atom is 0.226 e. The Balaban J connectivity index is 1.53. The predicted molar refractivity (Wildman–Crippen MR) is 120 cm³/mol. The molecule has 0 bridgehead atoms. The van der Waals surface area contributed by atoms with Crippen LogP contribution in [0.15, 0.2) is 48.5 Å². The molecule has 1 heterocycles. The van der Waals surface area contributed by atoms with Crippen LogP contribution in [-0.4, -0.2) is 44.1 Å². The van der Waals surface area contributed by atoms with Crippen molar-refractivity contribution >= 4 is 23.2 Å². The summed E-state index contributed by atoms with van der Waals surface area (Å²) >= 11 is 5.97. The van der Waals surface area contributed by atoms with Crippen molar-refractivity contribution < 1.29 is 9.53 Å². The normalized spacial score (nSPS) is 15.3. The number of amides is 1. The van der Waals surface area contributed by atoms with Gasteiger partial charge >= 0.3 is 0 Å². The van der Waals surface area contributed by atoms with Crippen molar-refractivity contribution in [2.45, 2.75) is 32.6 Å². The number of halogens is 1. The Bertz CT molecular complexity index is 786. The summed E-state index contributed by atoms with van der Waals surface area (Å²) in [5.74, 6) is 1.49. The molecule has 2 aromatic rings. The molecule has 1 aliphatic rings. The van der Waals surface area contributed by atoms with E-state index in [1.165, 1.54) is 5.56 Å². The summed E-state index contributed by atoms with van der Waals surface area (Å²) in [4.78, 5) is 17.1. The molecule has 1 aliphatic heterocycles. The highest BCUT2D eigenvalue weighted by Gasteiger charge is 2.24. The molecule has 0 radical (unpaired) electrons. The fourth-order valence-electron chi connectivity index (χ4n) is 3.91. The molecule has 4 nitrogen and oxygen atoms in total. The minimum atomic E-state index is 0.170. The number of hydrogen-bond acceptors (Lipinski definition) is 3. The van der Waals surface area contributed by atoms with Crippen LogP contribution in [-0.2, 0) is 11.2 Å². The lowest BCUT2D eigenvalue weighted by atomic mass is 9.95. The molecule has 0 saturated carbocycles. The lowest BCUT2D eigenvalue weighted by Gasteiger charge is -2.35. The second kappa shape index (κ2) is 10.7. The zero-order chi connectivity index (χ0) is 20.6. The van der Waals surface area contributed by atoms with Crippen molar-refractivity contribution in [3.05, 3.63) is 59.1 Å². The maximum absolute atomic E-state index is 12.6. The molecule has 0 unspecified atom stereocenters. The summed E-state index contributed by atoms with van der Waals surface area (Å²) in [6.07, 6.45) is 3.80. The van der Waals surface area contributed by atoms with Gasteiger partial charge < -0.3 is 14.5 Å². The third-order valence-electron chi connectivity index (χ3n) is 5.75. The molecule has 1 amide bonds. The highest BCUT2D eigenvalue weighted by atomic mass is 35.5. The Morgan fingerprint density at radius 3 is 2.55 bits per heavy atom. The van der Waals surface area contributed by atoms with E-state index >= 15 is 0 Å². The summed E-state index contributed by atoms with van der Waals surface area (Å²) in [7, 11) is 1.66. The third kappa shape index (κ3) is 6.22. The SMILES string of the molecule is CCC(=O)N(CC1CCN(CCc2ccc(Cl)cc2)CC1)c1cccc(OC)c1. The van der Waals surface area contributed by atoms with Crippen molar-refractivity contribution in [2.75, 3.05) is 38.2 Å². The number of rotatable bonds is 8. The molecule has 29 heavy (non-hydrogen) atoms. The van der Waals surface area contributed by atoms with Crippen LogP contribution < -0.4 is 9.64 Å². The largest absolute Gasteiger partial charge is 0.497 e. The van der Waals surface area contributed by atoms with Crippen LogP contribution in [0.25, 0.3) is 0 Å². The predicted octanol–water partition coefficient (Wildman–Crippen LogP) is 5.05. The van der Waals surface area contributed by atoms with Gasteiger partial charge in [0.2, 0.25) is 5.91 Å². The minimum absolute atomic E-state index is 0.170. The van der Waals surface area contributed by atoms with E-state index in [1.807, 2.05) is 48.2 Å². The van der Waals surface area contributed by atoms with Crippen LogP contribution in [0.2, 0.25) is 5.02 Å². The van der Waals surface area contributed by atoms with Gasteiger partial charge in [-0.25, -0.2) is 0 Å². The standard InChI is InChI=1S/C24H31ClN2O2/c1-3-24(28)27(22-5-4-6-23(17-22)29-2)18-20-12-15-26(16-13-20)14-11-19-7-9-21(25)10-8-19/h4-10,17,20H,3,11-16,18H2,1-2H3. The molecule has 5 heteroatoms. The third-order valence-corrected chi connectivity index (χ3v) is 6.00. The van der Waals surface area contributed by atoms with Gasteiger partial charge in [0.05, 0.1) is 7.11 Å².